The van der Waals surface area contributed by atoms with Crippen LogP contribution >= 0.6 is 15.9 Å². The molecule has 0 aliphatic rings. The second-order valence-electron chi connectivity index (χ2n) is 5.02. The number of nitrogens with one attached hydrogen (secondary N) is 1. The molecule has 2 rings (SSSR count). The molecule has 1 amide bonds. The van der Waals surface area contributed by atoms with Crippen LogP contribution in [0.2, 0.25) is 0 Å². The molecule has 0 aliphatic heterocycles. The van der Waals surface area contributed by atoms with E-state index in [1.165, 1.54) is 6.20 Å². The molecule has 1 aromatic carbocycles. The lowest BCUT2D eigenvalue weighted by Crippen LogP contribution is -2.29. The van der Waals surface area contributed by atoms with E-state index in [1.54, 1.807) is 18.5 Å². The van der Waals surface area contributed by atoms with E-state index in [0.29, 0.717) is 11.3 Å². The highest BCUT2D eigenvalue weighted by Gasteiger charge is 2.16. The zero-order valence-electron chi connectivity index (χ0n) is 12.9. The van der Waals surface area contributed by atoms with Crippen LogP contribution in [0.25, 0.3) is 5.69 Å². The molecule has 2 aromatic rings. The average Bonchev–Trinajstić information content (AvgIpc) is 2.89. The number of hydrogen-bond acceptors (Lipinski definition) is 4. The van der Waals surface area contributed by atoms with Crippen LogP contribution < -0.4 is 5.32 Å². The zero-order valence-corrected chi connectivity index (χ0v) is 15.3. The number of hydrogen-bond donors (Lipinski definition) is 1. The van der Waals surface area contributed by atoms with Gasteiger partial charge in [-0.1, -0.05) is 22.9 Å². The van der Waals surface area contributed by atoms with Gasteiger partial charge in [-0.3, -0.25) is 4.79 Å². The van der Waals surface area contributed by atoms with Gasteiger partial charge in [0, 0.05) is 16.8 Å². The number of rotatable bonds is 6. The molecule has 23 heavy (non-hydrogen) atoms. The molecule has 0 unspecified atom stereocenters. The Morgan fingerprint density at radius 2 is 1.96 bits per heavy atom. The first-order valence-electron chi connectivity index (χ1n) is 7.13. The van der Waals surface area contributed by atoms with Gasteiger partial charge in [0.05, 0.1) is 28.9 Å². The number of nitrogens with zero attached hydrogens (tertiary/aromatic N) is 2. The first-order valence-corrected chi connectivity index (χ1v) is 9.74. The molecule has 1 heterocycles. The summed E-state index contributed by atoms with van der Waals surface area (Å²) in [6, 6.07) is 7.57. The zero-order chi connectivity index (χ0) is 17.0. The minimum absolute atomic E-state index is 0.0604. The third-order valence-corrected chi connectivity index (χ3v) is 5.70. The molecule has 0 saturated heterocycles. The highest BCUT2D eigenvalue weighted by molar-refractivity contribution is 9.10. The van der Waals surface area contributed by atoms with E-state index in [1.807, 2.05) is 24.3 Å². The topological polar surface area (TPSA) is 81.1 Å². The molecule has 0 aliphatic carbocycles. The standard InChI is InChI=1S/C15H18BrN3O3S/c1-3-23(21,22)9-8-17-15(20)14-10-18-19(11(14)2)13-6-4-12(16)5-7-13/h4-7,10H,3,8-9H2,1-2H3,(H,17,20). The normalized spacial score (nSPS) is 11.4. The van der Waals surface area contributed by atoms with E-state index >= 15 is 0 Å². The van der Waals surface area contributed by atoms with Gasteiger partial charge in [-0.2, -0.15) is 5.10 Å². The minimum atomic E-state index is -3.09. The van der Waals surface area contributed by atoms with Crippen LogP contribution in [0.15, 0.2) is 34.9 Å². The van der Waals surface area contributed by atoms with Crippen molar-refractivity contribution in [3.8, 4) is 5.69 Å². The molecule has 1 N–H and O–H groups in total. The smallest absolute Gasteiger partial charge is 0.254 e. The van der Waals surface area contributed by atoms with Crippen molar-refractivity contribution < 1.29 is 13.2 Å². The van der Waals surface area contributed by atoms with Gasteiger partial charge in [-0.25, -0.2) is 13.1 Å². The lowest BCUT2D eigenvalue weighted by atomic mass is 10.2. The minimum Gasteiger partial charge on any atom is -0.351 e. The maximum Gasteiger partial charge on any atom is 0.254 e. The van der Waals surface area contributed by atoms with Crippen LogP contribution in [0.3, 0.4) is 0 Å². The molecular formula is C15H18BrN3O3S. The van der Waals surface area contributed by atoms with E-state index in [2.05, 4.69) is 26.3 Å². The van der Waals surface area contributed by atoms with Gasteiger partial charge in [0.15, 0.2) is 9.84 Å². The van der Waals surface area contributed by atoms with Crippen LogP contribution in [-0.2, 0) is 9.84 Å². The summed E-state index contributed by atoms with van der Waals surface area (Å²) in [7, 11) is -3.09. The number of sulfone groups is 1. The first kappa shape index (κ1) is 17.7. The lowest BCUT2D eigenvalue weighted by Gasteiger charge is -2.07. The van der Waals surface area contributed by atoms with Crippen molar-refractivity contribution in [1.82, 2.24) is 15.1 Å². The molecule has 0 fully saturated rings. The molecule has 0 spiro atoms. The summed E-state index contributed by atoms with van der Waals surface area (Å²) in [5, 5.41) is 6.86. The summed E-state index contributed by atoms with van der Waals surface area (Å²) in [5.41, 5.74) is 1.98. The fourth-order valence-electron chi connectivity index (χ4n) is 2.03. The van der Waals surface area contributed by atoms with Gasteiger partial charge in [0.1, 0.15) is 0 Å². The summed E-state index contributed by atoms with van der Waals surface area (Å²) < 4.78 is 25.5. The van der Waals surface area contributed by atoms with Crippen LogP contribution in [-0.4, -0.2) is 42.2 Å². The molecule has 6 nitrogen and oxygen atoms in total. The fourth-order valence-corrected chi connectivity index (χ4v) is 3.00. The average molecular weight is 400 g/mol. The Balaban J connectivity index is 2.09. The van der Waals surface area contributed by atoms with Crippen LogP contribution in [0.1, 0.15) is 23.0 Å². The van der Waals surface area contributed by atoms with Gasteiger partial charge in [0.2, 0.25) is 0 Å². The van der Waals surface area contributed by atoms with Crippen LogP contribution in [0.4, 0.5) is 0 Å². The number of carbonyl (C=O) groups is 1. The Morgan fingerprint density at radius 1 is 1.30 bits per heavy atom. The molecule has 0 radical (unpaired) electrons. The van der Waals surface area contributed by atoms with Gasteiger partial charge in [-0.05, 0) is 31.2 Å². The van der Waals surface area contributed by atoms with Crippen molar-refractivity contribution in [1.29, 1.82) is 0 Å². The maximum atomic E-state index is 12.2. The molecular weight excluding hydrogens is 382 g/mol. The third kappa shape index (κ3) is 4.42. The van der Waals surface area contributed by atoms with E-state index < -0.39 is 9.84 Å². The molecule has 0 bridgehead atoms. The monoisotopic (exact) mass is 399 g/mol. The number of amides is 1. The quantitative estimate of drug-likeness (QED) is 0.806. The number of aromatic nitrogens is 2. The Labute approximate surface area is 143 Å². The predicted octanol–water partition coefficient (Wildman–Crippen LogP) is 2.11. The Kier molecular flexibility index (Phi) is 5.59. The summed E-state index contributed by atoms with van der Waals surface area (Å²) in [6.45, 7) is 3.48. The molecule has 0 saturated carbocycles. The third-order valence-electron chi connectivity index (χ3n) is 3.46. The van der Waals surface area contributed by atoms with Gasteiger partial charge in [-0.15, -0.1) is 0 Å². The number of halogens is 1. The summed E-state index contributed by atoms with van der Waals surface area (Å²) >= 11 is 3.37. The Bertz CT molecular complexity index is 798. The second kappa shape index (κ2) is 7.27. The second-order valence-corrected chi connectivity index (χ2v) is 8.41. The lowest BCUT2D eigenvalue weighted by molar-refractivity contribution is 0.0955. The highest BCUT2D eigenvalue weighted by atomic mass is 79.9. The van der Waals surface area contributed by atoms with Crippen molar-refractivity contribution in [3.63, 3.8) is 0 Å². The first-order chi connectivity index (χ1) is 10.8. The molecule has 0 atom stereocenters. The van der Waals surface area contributed by atoms with Crippen molar-refractivity contribution in [2.45, 2.75) is 13.8 Å². The van der Waals surface area contributed by atoms with Crippen LogP contribution in [0.5, 0.6) is 0 Å². The molecule has 8 heteroatoms. The molecule has 124 valence electrons. The van der Waals surface area contributed by atoms with Crippen molar-refractivity contribution in [3.05, 3.63) is 46.2 Å². The van der Waals surface area contributed by atoms with Gasteiger partial charge >= 0.3 is 0 Å². The van der Waals surface area contributed by atoms with Crippen molar-refractivity contribution in [2.24, 2.45) is 0 Å². The number of benzene rings is 1. The van der Waals surface area contributed by atoms with Gasteiger partial charge in [0.25, 0.3) is 5.91 Å². The Morgan fingerprint density at radius 3 is 2.57 bits per heavy atom. The van der Waals surface area contributed by atoms with E-state index in [4.69, 9.17) is 0 Å². The molecule has 1 aromatic heterocycles. The predicted molar refractivity (Wildman–Crippen MR) is 92.7 cm³/mol. The van der Waals surface area contributed by atoms with E-state index in [-0.39, 0.29) is 24.0 Å². The summed E-state index contributed by atoms with van der Waals surface area (Å²) in [5.74, 6) is -0.310. The van der Waals surface area contributed by atoms with Crippen molar-refractivity contribution >= 4 is 31.7 Å². The Hall–Kier alpha value is -1.67. The highest BCUT2D eigenvalue weighted by Crippen LogP contribution is 2.17. The van der Waals surface area contributed by atoms with Gasteiger partial charge < -0.3 is 5.32 Å². The summed E-state index contributed by atoms with van der Waals surface area (Å²) in [4.78, 5) is 12.2. The summed E-state index contributed by atoms with van der Waals surface area (Å²) in [6.07, 6.45) is 1.49. The van der Waals surface area contributed by atoms with Crippen molar-refractivity contribution in [2.75, 3.05) is 18.1 Å². The van der Waals surface area contributed by atoms with E-state index in [0.717, 1.165) is 10.2 Å². The fraction of sp³-hybridized carbons (Fsp3) is 0.333. The van der Waals surface area contributed by atoms with Crippen LogP contribution in [0, 0.1) is 6.92 Å². The van der Waals surface area contributed by atoms with E-state index in [9.17, 15) is 13.2 Å². The largest absolute Gasteiger partial charge is 0.351 e. The SMILES string of the molecule is CCS(=O)(=O)CCNC(=O)c1cnn(-c2ccc(Br)cc2)c1C. The maximum absolute atomic E-state index is 12.2. The number of carbonyl (C=O) groups excluding carboxylic acids is 1.